The quantitative estimate of drug-likeness (QED) is 0.810. The van der Waals surface area contributed by atoms with Crippen LogP contribution in [0.5, 0.6) is 0 Å². The number of nitrogens with zero attached hydrogens (tertiary/aromatic N) is 2. The van der Waals surface area contributed by atoms with Gasteiger partial charge in [-0.1, -0.05) is 24.3 Å². The molecule has 7 heteroatoms. The number of carbonyl (C=O) groups excluding carboxylic acids is 2. The van der Waals surface area contributed by atoms with Crippen LogP contribution in [-0.2, 0) is 24.2 Å². The molecule has 6 nitrogen and oxygen atoms in total. The van der Waals surface area contributed by atoms with Gasteiger partial charge in [0.1, 0.15) is 5.82 Å². The second kappa shape index (κ2) is 7.29. The van der Waals surface area contributed by atoms with Gasteiger partial charge in [0.15, 0.2) is 5.69 Å². The Morgan fingerprint density at radius 2 is 2.20 bits per heavy atom. The van der Waals surface area contributed by atoms with Crippen LogP contribution in [0.3, 0.4) is 0 Å². The molecule has 0 atom stereocenters. The summed E-state index contributed by atoms with van der Waals surface area (Å²) in [7, 11) is 0. The first-order chi connectivity index (χ1) is 12.1. The van der Waals surface area contributed by atoms with Gasteiger partial charge in [-0.15, -0.1) is 6.58 Å². The van der Waals surface area contributed by atoms with Crippen molar-refractivity contribution in [2.24, 2.45) is 0 Å². The minimum Gasteiger partial charge on any atom is -0.347 e. The van der Waals surface area contributed by atoms with Crippen LogP contribution >= 0.6 is 0 Å². The average molecular weight is 342 g/mol. The molecule has 3 rings (SSSR count). The van der Waals surface area contributed by atoms with Crippen molar-refractivity contribution < 1.29 is 14.0 Å². The Labute approximate surface area is 144 Å². The molecule has 2 N–H and O–H groups in total. The maximum absolute atomic E-state index is 13.7. The fraction of sp³-hybridized carbons (Fsp3) is 0.278. The molecule has 0 radical (unpaired) electrons. The number of hydrogen-bond acceptors (Lipinski definition) is 3. The number of amides is 2. The van der Waals surface area contributed by atoms with Gasteiger partial charge in [-0.3, -0.25) is 14.7 Å². The Kier molecular flexibility index (Phi) is 4.92. The smallest absolute Gasteiger partial charge is 0.272 e. The molecule has 2 amide bonds. The number of nitrogens with one attached hydrogen (secondary N) is 2. The molecule has 1 aromatic carbocycles. The average Bonchev–Trinajstić information content (AvgIpc) is 3.04. The van der Waals surface area contributed by atoms with Crippen LogP contribution in [0.1, 0.15) is 27.3 Å². The van der Waals surface area contributed by atoms with E-state index in [4.69, 9.17) is 0 Å². The Morgan fingerprint density at radius 1 is 1.40 bits per heavy atom. The van der Waals surface area contributed by atoms with Crippen LogP contribution in [0.15, 0.2) is 36.9 Å². The van der Waals surface area contributed by atoms with Gasteiger partial charge in [-0.2, -0.15) is 5.10 Å². The Balaban J connectivity index is 1.73. The third kappa shape index (κ3) is 3.60. The Morgan fingerprint density at radius 3 is 2.96 bits per heavy atom. The SMILES string of the molecule is C=CCNC(=O)c1n[nH]c2c1CN(C(=O)Cc1ccccc1F)CC2. The lowest BCUT2D eigenvalue weighted by molar-refractivity contribution is -0.131. The van der Waals surface area contributed by atoms with Gasteiger partial charge in [0, 0.05) is 37.3 Å². The molecule has 0 aliphatic carbocycles. The predicted octanol–water partition coefficient (Wildman–Crippen LogP) is 1.59. The van der Waals surface area contributed by atoms with Crippen molar-refractivity contribution in [2.75, 3.05) is 13.1 Å². The van der Waals surface area contributed by atoms with Crippen LogP contribution in [-0.4, -0.2) is 40.0 Å². The lowest BCUT2D eigenvalue weighted by Crippen LogP contribution is -2.38. The highest BCUT2D eigenvalue weighted by Gasteiger charge is 2.27. The largest absolute Gasteiger partial charge is 0.347 e. The normalized spacial score (nSPS) is 13.2. The zero-order valence-electron chi connectivity index (χ0n) is 13.7. The van der Waals surface area contributed by atoms with Crippen LogP contribution in [0.2, 0.25) is 0 Å². The third-order valence-electron chi connectivity index (χ3n) is 4.21. The summed E-state index contributed by atoms with van der Waals surface area (Å²) < 4.78 is 13.7. The summed E-state index contributed by atoms with van der Waals surface area (Å²) in [6.45, 7) is 4.70. The summed E-state index contributed by atoms with van der Waals surface area (Å²) in [5.41, 5.74) is 2.24. The van der Waals surface area contributed by atoms with Crippen molar-refractivity contribution in [3.63, 3.8) is 0 Å². The number of aromatic amines is 1. The number of benzene rings is 1. The van der Waals surface area contributed by atoms with Crippen LogP contribution in [0.4, 0.5) is 4.39 Å². The number of halogens is 1. The maximum Gasteiger partial charge on any atom is 0.272 e. The minimum absolute atomic E-state index is 0.00213. The number of H-pyrrole nitrogens is 1. The van der Waals surface area contributed by atoms with E-state index in [2.05, 4.69) is 22.1 Å². The molecular formula is C18H19FN4O2. The van der Waals surface area contributed by atoms with Gasteiger partial charge >= 0.3 is 0 Å². The third-order valence-corrected chi connectivity index (χ3v) is 4.21. The van der Waals surface area contributed by atoms with E-state index in [1.54, 1.807) is 29.2 Å². The summed E-state index contributed by atoms with van der Waals surface area (Å²) in [5.74, 6) is -0.864. The number of rotatable bonds is 5. The Hall–Kier alpha value is -2.96. The molecule has 1 aromatic heterocycles. The van der Waals surface area contributed by atoms with E-state index in [0.717, 1.165) is 11.3 Å². The molecule has 1 aliphatic rings. The highest BCUT2D eigenvalue weighted by Crippen LogP contribution is 2.21. The number of hydrogen-bond donors (Lipinski definition) is 2. The molecule has 0 bridgehead atoms. The van der Waals surface area contributed by atoms with Crippen molar-refractivity contribution >= 4 is 11.8 Å². The Bertz CT molecular complexity index is 815. The molecular weight excluding hydrogens is 323 g/mol. The van der Waals surface area contributed by atoms with Crippen LogP contribution in [0, 0.1) is 5.82 Å². The van der Waals surface area contributed by atoms with E-state index >= 15 is 0 Å². The second-order valence-corrected chi connectivity index (χ2v) is 5.86. The molecule has 2 aromatic rings. The number of aromatic nitrogens is 2. The molecule has 0 spiro atoms. The summed E-state index contributed by atoms with van der Waals surface area (Å²) in [6, 6.07) is 6.25. The fourth-order valence-corrected chi connectivity index (χ4v) is 2.86. The monoisotopic (exact) mass is 342 g/mol. The molecule has 2 heterocycles. The molecule has 1 aliphatic heterocycles. The van der Waals surface area contributed by atoms with Crippen molar-refractivity contribution in [3.8, 4) is 0 Å². The maximum atomic E-state index is 13.7. The van der Waals surface area contributed by atoms with Crippen LogP contribution < -0.4 is 5.32 Å². The van der Waals surface area contributed by atoms with E-state index in [-0.39, 0.29) is 30.6 Å². The standard InChI is InChI=1S/C18H19FN4O2/c1-2-8-20-18(25)17-13-11-23(9-7-15(13)21-22-17)16(24)10-12-5-3-4-6-14(12)19/h2-6H,1,7-11H2,(H,20,25)(H,21,22). The topological polar surface area (TPSA) is 78.1 Å². The van der Waals surface area contributed by atoms with E-state index < -0.39 is 0 Å². The summed E-state index contributed by atoms with van der Waals surface area (Å²) >= 11 is 0. The lowest BCUT2D eigenvalue weighted by Gasteiger charge is -2.27. The van der Waals surface area contributed by atoms with Gasteiger partial charge in [0.2, 0.25) is 5.91 Å². The van der Waals surface area contributed by atoms with Gasteiger partial charge in [-0.05, 0) is 11.6 Å². The first kappa shape index (κ1) is 16.9. The molecule has 25 heavy (non-hydrogen) atoms. The van der Waals surface area contributed by atoms with E-state index in [1.165, 1.54) is 6.07 Å². The lowest BCUT2D eigenvalue weighted by atomic mass is 10.0. The van der Waals surface area contributed by atoms with Gasteiger partial charge < -0.3 is 10.2 Å². The first-order valence-corrected chi connectivity index (χ1v) is 8.06. The molecule has 0 saturated carbocycles. The van der Waals surface area contributed by atoms with Crippen molar-refractivity contribution in [2.45, 2.75) is 19.4 Å². The molecule has 0 unspecified atom stereocenters. The van der Waals surface area contributed by atoms with Crippen molar-refractivity contribution in [1.29, 1.82) is 0 Å². The van der Waals surface area contributed by atoms with Crippen LogP contribution in [0.25, 0.3) is 0 Å². The highest BCUT2D eigenvalue weighted by molar-refractivity contribution is 5.94. The summed E-state index contributed by atoms with van der Waals surface area (Å²) in [4.78, 5) is 26.3. The summed E-state index contributed by atoms with van der Waals surface area (Å²) in [6.07, 6.45) is 2.17. The predicted molar refractivity (Wildman–Crippen MR) is 90.3 cm³/mol. The highest BCUT2D eigenvalue weighted by atomic mass is 19.1. The zero-order valence-corrected chi connectivity index (χ0v) is 13.7. The number of carbonyl (C=O) groups is 2. The molecule has 130 valence electrons. The van der Waals surface area contributed by atoms with Gasteiger partial charge in [0.05, 0.1) is 6.42 Å². The van der Waals surface area contributed by atoms with Gasteiger partial charge in [0.25, 0.3) is 5.91 Å². The van der Waals surface area contributed by atoms with Gasteiger partial charge in [-0.25, -0.2) is 4.39 Å². The van der Waals surface area contributed by atoms with Crippen molar-refractivity contribution in [1.82, 2.24) is 20.4 Å². The second-order valence-electron chi connectivity index (χ2n) is 5.86. The molecule has 0 fully saturated rings. The summed E-state index contributed by atoms with van der Waals surface area (Å²) in [5, 5.41) is 9.62. The van der Waals surface area contributed by atoms with E-state index in [1.807, 2.05) is 0 Å². The zero-order chi connectivity index (χ0) is 17.8. The van der Waals surface area contributed by atoms with E-state index in [9.17, 15) is 14.0 Å². The first-order valence-electron chi connectivity index (χ1n) is 8.06. The number of fused-ring (bicyclic) bond motifs is 1. The van der Waals surface area contributed by atoms with E-state index in [0.29, 0.717) is 30.8 Å². The fourth-order valence-electron chi connectivity index (χ4n) is 2.86. The molecule has 0 saturated heterocycles. The minimum atomic E-state index is -0.388. The van der Waals surface area contributed by atoms with Crippen molar-refractivity contribution in [3.05, 3.63) is 65.3 Å².